The lowest BCUT2D eigenvalue weighted by Gasteiger charge is -2.42. The number of carbonyl (C=O) groups is 3. The van der Waals surface area contributed by atoms with Crippen molar-refractivity contribution in [3.63, 3.8) is 0 Å². The number of phenolic OH excluding ortho intramolecular Hbond substituents is 2. The summed E-state index contributed by atoms with van der Waals surface area (Å²) in [6, 6.07) is 3.84. The van der Waals surface area contributed by atoms with Crippen LogP contribution in [0.4, 0.5) is 0 Å². The van der Waals surface area contributed by atoms with E-state index >= 15 is 0 Å². The highest BCUT2D eigenvalue weighted by Gasteiger charge is 2.49. The van der Waals surface area contributed by atoms with Crippen molar-refractivity contribution >= 4 is 23.7 Å². The van der Waals surface area contributed by atoms with Gasteiger partial charge in [-0.3, -0.25) is 19.4 Å². The normalized spacial score (nSPS) is 29.7. The van der Waals surface area contributed by atoms with E-state index in [1.807, 2.05) is 4.90 Å². The molecule has 0 amide bonds. The molecule has 2 aromatic rings. The molecule has 13 nitrogen and oxygen atoms in total. The first-order valence-corrected chi connectivity index (χ1v) is 14.9. The van der Waals surface area contributed by atoms with Gasteiger partial charge in [0.05, 0.1) is 61.6 Å². The minimum Gasteiger partial charge on any atom is -0.507 e. The van der Waals surface area contributed by atoms with Crippen LogP contribution in [0.2, 0.25) is 0 Å². The number of ether oxygens (including phenoxy) is 4. The molecule has 2 fully saturated rings. The summed E-state index contributed by atoms with van der Waals surface area (Å²) in [5, 5.41) is 45.4. The lowest BCUT2D eigenvalue weighted by Crippen LogP contribution is -2.49. The van der Waals surface area contributed by atoms with Gasteiger partial charge in [0.25, 0.3) is 0 Å². The third kappa shape index (κ3) is 5.28. The molecule has 2 heterocycles. The number of morpholine rings is 1. The van der Waals surface area contributed by atoms with Gasteiger partial charge in [-0.2, -0.15) is 0 Å². The first kappa shape index (κ1) is 31.1. The molecule has 0 saturated carbocycles. The second-order valence-corrected chi connectivity index (χ2v) is 12.0. The maximum atomic E-state index is 13.8. The monoisotopic (exact) mass is 624 g/mol. The molecule has 240 valence electrons. The highest BCUT2D eigenvalue weighted by Crippen LogP contribution is 2.52. The molecule has 2 aliphatic carbocycles. The molecule has 45 heavy (non-hydrogen) atoms. The van der Waals surface area contributed by atoms with E-state index in [1.54, 1.807) is 13.3 Å². The zero-order valence-electron chi connectivity index (χ0n) is 25.2. The van der Waals surface area contributed by atoms with Crippen LogP contribution in [0.5, 0.6) is 17.2 Å². The fraction of sp³-hybridized carbons (Fsp3) is 0.500. The summed E-state index contributed by atoms with van der Waals surface area (Å²) >= 11 is 0. The Kier molecular flexibility index (Phi) is 8.16. The summed E-state index contributed by atoms with van der Waals surface area (Å²) in [5.74, 6) is -3.17. The number of phenols is 2. The number of Topliss-reactive ketones (excluding diaryl/α,β-unsaturated/α-hetero) is 1. The SMILES string of the molecule is COc1cccc2c1C(=O)c1c(O)c3c(c(O)c1C2=O)CC(O)(C(C)=O)C[C@@H]3OC1C[C@@H](N=CN2CCOCC2)C(O)C(C)O1. The van der Waals surface area contributed by atoms with Crippen LogP contribution in [-0.2, 0) is 25.4 Å². The van der Waals surface area contributed by atoms with Gasteiger partial charge in [0.2, 0.25) is 5.78 Å². The molecule has 0 bridgehead atoms. The number of aliphatic imine (C=N–C) groups is 1. The largest absolute Gasteiger partial charge is 0.507 e. The Labute approximate surface area is 259 Å². The van der Waals surface area contributed by atoms with Crippen LogP contribution >= 0.6 is 0 Å². The van der Waals surface area contributed by atoms with Crippen molar-refractivity contribution in [3.05, 3.63) is 51.6 Å². The number of methoxy groups -OCH3 is 1. The van der Waals surface area contributed by atoms with Crippen molar-refractivity contribution in [1.29, 1.82) is 0 Å². The molecule has 13 heteroatoms. The maximum absolute atomic E-state index is 13.8. The molecule has 2 aromatic carbocycles. The highest BCUT2D eigenvalue weighted by molar-refractivity contribution is 6.31. The lowest BCUT2D eigenvalue weighted by atomic mass is 9.72. The van der Waals surface area contributed by atoms with Crippen LogP contribution in [0, 0.1) is 0 Å². The molecular weight excluding hydrogens is 588 g/mol. The first-order chi connectivity index (χ1) is 21.4. The Bertz CT molecular complexity index is 1580. The van der Waals surface area contributed by atoms with Crippen molar-refractivity contribution in [2.75, 3.05) is 33.4 Å². The highest BCUT2D eigenvalue weighted by atomic mass is 16.7. The molecule has 4 unspecified atom stereocenters. The zero-order chi connectivity index (χ0) is 32.2. The van der Waals surface area contributed by atoms with Gasteiger partial charge in [0.1, 0.15) is 29.0 Å². The molecule has 4 aliphatic rings. The third-order valence-electron chi connectivity index (χ3n) is 9.19. The minimum absolute atomic E-state index is 0.0150. The Hall–Kier alpha value is -3.88. The van der Waals surface area contributed by atoms with Gasteiger partial charge in [0.15, 0.2) is 17.9 Å². The number of hydrogen-bond acceptors (Lipinski definition) is 12. The Morgan fingerprint density at radius 2 is 1.82 bits per heavy atom. The van der Waals surface area contributed by atoms with E-state index in [4.69, 9.17) is 18.9 Å². The summed E-state index contributed by atoms with van der Waals surface area (Å²) in [6.45, 7) is 5.30. The summed E-state index contributed by atoms with van der Waals surface area (Å²) in [4.78, 5) is 46.7. The fourth-order valence-electron chi connectivity index (χ4n) is 6.62. The second-order valence-electron chi connectivity index (χ2n) is 12.0. The number of carbonyl (C=O) groups excluding carboxylic acids is 3. The molecule has 0 aromatic heterocycles. The predicted octanol–water partition coefficient (Wildman–Crippen LogP) is 1.43. The van der Waals surface area contributed by atoms with E-state index in [9.17, 15) is 34.8 Å². The molecule has 0 radical (unpaired) electrons. The quantitative estimate of drug-likeness (QED) is 0.176. The minimum atomic E-state index is -2.02. The average Bonchev–Trinajstić information content (AvgIpc) is 3.02. The number of aromatic hydroxyl groups is 2. The van der Waals surface area contributed by atoms with E-state index < -0.39 is 82.6 Å². The predicted molar refractivity (Wildman–Crippen MR) is 157 cm³/mol. The summed E-state index contributed by atoms with van der Waals surface area (Å²) in [5.41, 5.74) is -3.06. The molecule has 6 rings (SSSR count). The summed E-state index contributed by atoms with van der Waals surface area (Å²) in [6.07, 6.45) is -2.92. The number of benzene rings is 2. The van der Waals surface area contributed by atoms with Crippen molar-refractivity contribution in [1.82, 2.24) is 4.90 Å². The molecule has 6 atom stereocenters. The van der Waals surface area contributed by atoms with Gasteiger partial charge in [-0.25, -0.2) is 0 Å². The fourth-order valence-corrected chi connectivity index (χ4v) is 6.62. The standard InChI is InChI=1S/C32H36N2O11/c1-15-27(36)19(33-14-34-7-9-43-10-8-34)11-22(44-15)45-21-13-32(41,16(2)35)12-18-24(21)31(40)26-25(29(18)38)28(37)17-5-4-6-20(42-3)23(17)30(26)39/h4-6,14-15,19,21-22,27,36,38,40-41H,7-13H2,1-3H3/t15?,19-,21+,22?,27?,32?/m1/s1. The van der Waals surface area contributed by atoms with Crippen molar-refractivity contribution < 1.29 is 53.8 Å². The topological polar surface area (TPSA) is 185 Å². The Morgan fingerprint density at radius 3 is 2.51 bits per heavy atom. The Balaban J connectivity index is 1.40. The van der Waals surface area contributed by atoms with Crippen LogP contribution < -0.4 is 4.74 Å². The summed E-state index contributed by atoms with van der Waals surface area (Å²) < 4.78 is 22.9. The lowest BCUT2D eigenvalue weighted by molar-refractivity contribution is -0.246. The van der Waals surface area contributed by atoms with Crippen molar-refractivity contribution in [3.8, 4) is 17.2 Å². The van der Waals surface area contributed by atoms with E-state index in [0.29, 0.717) is 26.3 Å². The van der Waals surface area contributed by atoms with Crippen molar-refractivity contribution in [2.24, 2.45) is 4.99 Å². The van der Waals surface area contributed by atoms with Crippen molar-refractivity contribution in [2.45, 2.75) is 69.4 Å². The van der Waals surface area contributed by atoms with E-state index in [1.165, 1.54) is 32.2 Å². The van der Waals surface area contributed by atoms with E-state index in [0.717, 1.165) is 0 Å². The average molecular weight is 625 g/mol. The third-order valence-corrected chi connectivity index (χ3v) is 9.19. The van der Waals surface area contributed by atoms with E-state index in [-0.39, 0.29) is 40.8 Å². The van der Waals surface area contributed by atoms with Crippen LogP contribution in [0.15, 0.2) is 23.2 Å². The number of fused-ring (bicyclic) bond motifs is 3. The number of nitrogens with zero attached hydrogens (tertiary/aromatic N) is 2. The van der Waals surface area contributed by atoms with Gasteiger partial charge in [-0.05, 0) is 19.9 Å². The summed E-state index contributed by atoms with van der Waals surface area (Å²) in [7, 11) is 1.35. The van der Waals surface area contributed by atoms with Crippen LogP contribution in [0.1, 0.15) is 75.8 Å². The van der Waals surface area contributed by atoms with Crippen LogP contribution in [0.3, 0.4) is 0 Å². The van der Waals surface area contributed by atoms with Crippen LogP contribution in [-0.4, -0.2) is 113 Å². The van der Waals surface area contributed by atoms with Gasteiger partial charge in [-0.1, -0.05) is 12.1 Å². The number of rotatable bonds is 6. The number of aliphatic hydroxyl groups excluding tert-OH is 1. The van der Waals surface area contributed by atoms with Gasteiger partial charge < -0.3 is 44.3 Å². The van der Waals surface area contributed by atoms with E-state index in [2.05, 4.69) is 4.99 Å². The zero-order valence-corrected chi connectivity index (χ0v) is 25.2. The molecule has 2 aliphatic heterocycles. The molecule has 4 N–H and O–H groups in total. The molecule has 0 spiro atoms. The Morgan fingerprint density at radius 1 is 1.11 bits per heavy atom. The van der Waals surface area contributed by atoms with Crippen LogP contribution in [0.25, 0.3) is 0 Å². The number of hydrogen-bond donors (Lipinski definition) is 4. The molecule has 2 saturated heterocycles. The van der Waals surface area contributed by atoms with Gasteiger partial charge in [0, 0.05) is 49.0 Å². The van der Waals surface area contributed by atoms with Gasteiger partial charge >= 0.3 is 0 Å². The van der Waals surface area contributed by atoms with Gasteiger partial charge in [-0.15, -0.1) is 0 Å². The number of aliphatic hydroxyl groups is 2. The maximum Gasteiger partial charge on any atom is 0.202 e. The smallest absolute Gasteiger partial charge is 0.202 e. The number of ketones is 3. The first-order valence-electron chi connectivity index (χ1n) is 14.9. The molecular formula is C32H36N2O11. The second kappa shape index (κ2) is 11.8.